The van der Waals surface area contributed by atoms with Crippen LogP contribution in [0.1, 0.15) is 26.7 Å². The van der Waals surface area contributed by atoms with Crippen LogP contribution >= 0.6 is 63.7 Å². The fraction of sp³-hybridized carbons (Fsp3) is 1.00. The number of hydrogen-bond donors (Lipinski definition) is 1. The molecule has 0 saturated heterocycles. The molecule has 0 fully saturated rings. The molecule has 0 aliphatic rings. The Morgan fingerprint density at radius 3 is 2.00 bits per heavy atom. The van der Waals surface area contributed by atoms with Gasteiger partial charge in [0.2, 0.25) is 0 Å². The van der Waals surface area contributed by atoms with Gasteiger partial charge in [-0.1, -0.05) is 70.6 Å². The summed E-state index contributed by atoms with van der Waals surface area (Å²) in [6.45, 7) is 3.79. The predicted molar refractivity (Wildman–Crippen MR) is 67.8 cm³/mol. The zero-order valence-electron chi connectivity index (χ0n) is 6.95. The molecule has 0 aromatic rings. The Bertz CT molecular complexity index is 141. The van der Waals surface area contributed by atoms with Crippen LogP contribution in [-0.4, -0.2) is 17.7 Å². The van der Waals surface area contributed by atoms with Crippen molar-refractivity contribution < 1.29 is 5.11 Å². The summed E-state index contributed by atoms with van der Waals surface area (Å²) in [7, 11) is 0. The summed E-state index contributed by atoms with van der Waals surface area (Å²) >= 11 is 13.6. The zero-order chi connectivity index (χ0) is 9.99. The molecule has 0 aromatic carbocycles. The second-order valence-corrected chi connectivity index (χ2v) is 11.4. The van der Waals surface area contributed by atoms with E-state index in [1.807, 2.05) is 13.8 Å². The van der Waals surface area contributed by atoms with E-state index in [1.54, 1.807) is 0 Å². The second-order valence-electron chi connectivity index (χ2n) is 3.00. The Morgan fingerprint density at radius 2 is 1.75 bits per heavy atom. The molecule has 0 saturated carbocycles. The fourth-order valence-corrected chi connectivity index (χ4v) is 3.73. The minimum absolute atomic E-state index is 0.0492. The van der Waals surface area contributed by atoms with Gasteiger partial charge in [-0.05, 0) is 19.8 Å². The van der Waals surface area contributed by atoms with Crippen molar-refractivity contribution >= 4 is 63.7 Å². The minimum Gasteiger partial charge on any atom is -0.389 e. The van der Waals surface area contributed by atoms with Gasteiger partial charge in [0.1, 0.15) is 2.14 Å². The van der Waals surface area contributed by atoms with Gasteiger partial charge in [0.25, 0.3) is 0 Å². The van der Waals surface area contributed by atoms with E-state index in [0.717, 1.165) is 12.8 Å². The van der Waals surface area contributed by atoms with Crippen molar-refractivity contribution in [3.8, 4) is 0 Å². The largest absolute Gasteiger partial charge is 0.389 e. The molecule has 1 nitrogen and oxygen atoms in total. The highest BCUT2D eigenvalue weighted by Gasteiger charge is 2.33. The highest BCUT2D eigenvalue weighted by Crippen LogP contribution is 2.42. The molecule has 0 radical (unpaired) electrons. The summed E-state index contributed by atoms with van der Waals surface area (Å²) < 4.78 is -0.291. The zero-order valence-corrected chi connectivity index (χ0v) is 13.3. The van der Waals surface area contributed by atoms with Crippen molar-refractivity contribution in [2.24, 2.45) is 0 Å². The number of aliphatic hydroxyl groups is 1. The van der Waals surface area contributed by atoms with E-state index in [2.05, 4.69) is 63.7 Å². The molecule has 2 unspecified atom stereocenters. The molecule has 12 heavy (non-hydrogen) atoms. The first-order valence-electron chi connectivity index (χ1n) is 3.62. The van der Waals surface area contributed by atoms with Crippen molar-refractivity contribution in [2.45, 2.75) is 39.3 Å². The summed E-state index contributed by atoms with van der Waals surface area (Å²) in [5.74, 6) is 0. The second kappa shape index (κ2) is 5.10. The highest BCUT2D eigenvalue weighted by atomic mass is 80.0. The van der Waals surface area contributed by atoms with Gasteiger partial charge >= 0.3 is 0 Å². The molecule has 0 aromatic heterocycles. The Kier molecular flexibility index (Phi) is 5.90. The first kappa shape index (κ1) is 13.9. The minimum atomic E-state index is -0.666. The lowest BCUT2D eigenvalue weighted by atomic mass is 9.98. The normalized spacial score (nSPS) is 20.2. The van der Waals surface area contributed by atoms with E-state index in [9.17, 15) is 5.11 Å². The fourth-order valence-electron chi connectivity index (χ4n) is 0.645. The van der Waals surface area contributed by atoms with Crippen LogP contribution < -0.4 is 0 Å². The molecular formula is C7H12Br4O. The van der Waals surface area contributed by atoms with Crippen LogP contribution in [0.25, 0.3) is 0 Å². The lowest BCUT2D eigenvalue weighted by Crippen LogP contribution is -2.36. The Balaban J connectivity index is 4.13. The monoisotopic (exact) mass is 428 g/mol. The maximum atomic E-state index is 9.85. The number of alkyl halides is 4. The van der Waals surface area contributed by atoms with Crippen molar-refractivity contribution in [3.05, 3.63) is 0 Å². The summed E-state index contributed by atoms with van der Waals surface area (Å²) in [4.78, 5) is 0.0492. The van der Waals surface area contributed by atoms with Gasteiger partial charge in [-0.25, -0.2) is 0 Å². The van der Waals surface area contributed by atoms with Crippen molar-refractivity contribution in [1.82, 2.24) is 0 Å². The smallest absolute Gasteiger partial charge is 0.136 e. The lowest BCUT2D eigenvalue weighted by molar-refractivity contribution is 0.0541. The third-order valence-corrected chi connectivity index (χ3v) is 4.08. The molecule has 0 bridgehead atoms. The number of halogens is 4. The molecule has 0 spiro atoms. The summed E-state index contributed by atoms with van der Waals surface area (Å²) in [6.07, 6.45) is 1.47. The lowest BCUT2D eigenvalue weighted by Gasteiger charge is -2.30. The predicted octanol–water partition coefficient (Wildman–Crippen LogP) is 4.14. The van der Waals surface area contributed by atoms with Gasteiger partial charge in [-0.15, -0.1) is 0 Å². The third kappa shape index (κ3) is 5.58. The Labute approximate surface area is 107 Å². The number of hydrogen-bond acceptors (Lipinski definition) is 1. The maximum Gasteiger partial charge on any atom is 0.136 e. The molecule has 0 aliphatic carbocycles. The quantitative estimate of drug-likeness (QED) is 0.666. The van der Waals surface area contributed by atoms with Crippen molar-refractivity contribution in [1.29, 1.82) is 0 Å². The van der Waals surface area contributed by atoms with E-state index < -0.39 is 5.60 Å². The molecule has 74 valence electrons. The van der Waals surface area contributed by atoms with Crippen LogP contribution in [0.5, 0.6) is 0 Å². The van der Waals surface area contributed by atoms with Crippen molar-refractivity contribution in [2.75, 3.05) is 0 Å². The molecule has 0 amide bonds. The molecule has 0 heterocycles. The van der Waals surface area contributed by atoms with Gasteiger partial charge in [0, 0.05) is 4.83 Å². The van der Waals surface area contributed by atoms with Crippen LogP contribution in [-0.2, 0) is 0 Å². The van der Waals surface area contributed by atoms with Crippen LogP contribution in [0, 0.1) is 0 Å². The SMILES string of the molecule is CCC(C)(O)C(Br)CC(Br)(Br)Br. The molecule has 2 atom stereocenters. The maximum absolute atomic E-state index is 9.85. The van der Waals surface area contributed by atoms with E-state index in [-0.39, 0.29) is 6.97 Å². The topological polar surface area (TPSA) is 20.2 Å². The average molecular weight is 432 g/mol. The molecule has 1 N–H and O–H groups in total. The third-order valence-electron chi connectivity index (χ3n) is 1.80. The molecule has 0 aliphatic heterocycles. The van der Waals surface area contributed by atoms with Gasteiger partial charge < -0.3 is 5.11 Å². The standard InChI is InChI=1S/C7H12Br4O/c1-3-6(2,12)5(8)4-7(9,10)11/h5,12H,3-4H2,1-2H3. The van der Waals surface area contributed by atoms with Gasteiger partial charge in [0.05, 0.1) is 5.60 Å². The van der Waals surface area contributed by atoms with E-state index in [0.29, 0.717) is 0 Å². The van der Waals surface area contributed by atoms with Gasteiger partial charge in [-0.2, -0.15) is 0 Å². The Hall–Kier alpha value is 1.88. The molecule has 5 heteroatoms. The first-order valence-corrected chi connectivity index (χ1v) is 6.91. The van der Waals surface area contributed by atoms with Crippen LogP contribution in [0.2, 0.25) is 0 Å². The van der Waals surface area contributed by atoms with E-state index in [1.165, 1.54) is 0 Å². The number of rotatable bonds is 3. The van der Waals surface area contributed by atoms with E-state index in [4.69, 9.17) is 0 Å². The van der Waals surface area contributed by atoms with Crippen LogP contribution in [0.3, 0.4) is 0 Å². The van der Waals surface area contributed by atoms with Crippen LogP contribution in [0.4, 0.5) is 0 Å². The summed E-state index contributed by atoms with van der Waals surface area (Å²) in [6, 6.07) is 0. The molecular weight excluding hydrogens is 420 g/mol. The first-order chi connectivity index (χ1) is 5.19. The Morgan fingerprint density at radius 1 is 1.33 bits per heavy atom. The van der Waals surface area contributed by atoms with Crippen molar-refractivity contribution in [3.63, 3.8) is 0 Å². The average Bonchev–Trinajstić information content (AvgIpc) is 1.84. The van der Waals surface area contributed by atoms with E-state index >= 15 is 0 Å². The van der Waals surface area contributed by atoms with Crippen LogP contribution in [0.15, 0.2) is 0 Å². The summed E-state index contributed by atoms with van der Waals surface area (Å²) in [5, 5.41) is 9.85. The summed E-state index contributed by atoms with van der Waals surface area (Å²) in [5.41, 5.74) is -0.666. The molecule has 0 rings (SSSR count). The highest BCUT2D eigenvalue weighted by molar-refractivity contribution is 9.39. The van der Waals surface area contributed by atoms with Gasteiger partial charge in [-0.3, -0.25) is 0 Å². The van der Waals surface area contributed by atoms with Gasteiger partial charge in [0.15, 0.2) is 0 Å².